The first-order chi connectivity index (χ1) is 20.6. The van der Waals surface area contributed by atoms with Crippen molar-refractivity contribution in [1.82, 2.24) is 4.90 Å². The molecular weight excluding hydrogens is 520 g/mol. The second kappa shape index (κ2) is 11.8. The van der Waals surface area contributed by atoms with Gasteiger partial charge in [-0.1, -0.05) is 121 Å². The number of carboxylic acids is 1. The van der Waals surface area contributed by atoms with E-state index in [1.807, 2.05) is 121 Å². The summed E-state index contributed by atoms with van der Waals surface area (Å²) in [5.41, 5.74) is 3.27. The monoisotopic (exact) mass is 553 g/mol. The van der Waals surface area contributed by atoms with Crippen LogP contribution < -0.4 is 4.74 Å². The van der Waals surface area contributed by atoms with Crippen molar-refractivity contribution in [2.24, 2.45) is 0 Å². The molecule has 5 aromatic carbocycles. The van der Waals surface area contributed by atoms with Gasteiger partial charge in [0.1, 0.15) is 18.8 Å². The molecular formula is C37H33N2O3+. The van der Waals surface area contributed by atoms with Crippen LogP contribution in [0.25, 0.3) is 0 Å². The van der Waals surface area contributed by atoms with Gasteiger partial charge >= 0.3 is 5.97 Å². The fraction of sp³-hybridized carbons (Fsp3) is 0.135. The Bertz CT molecular complexity index is 1670. The smallest absolute Gasteiger partial charge is 0.362 e. The number of carboxylic acid groups (broad SMARTS) is 1. The highest BCUT2D eigenvalue weighted by atomic mass is 16.5. The summed E-state index contributed by atoms with van der Waals surface area (Å²) >= 11 is 0. The van der Waals surface area contributed by atoms with Gasteiger partial charge in [-0.05, 0) is 35.4 Å². The molecule has 2 unspecified atom stereocenters. The molecule has 5 aromatic rings. The van der Waals surface area contributed by atoms with Crippen LogP contribution in [0.15, 0.2) is 146 Å². The van der Waals surface area contributed by atoms with Gasteiger partial charge in [0, 0.05) is 11.1 Å². The third-order valence-electron chi connectivity index (χ3n) is 8.04. The van der Waals surface area contributed by atoms with E-state index in [1.54, 1.807) is 7.11 Å². The van der Waals surface area contributed by atoms with E-state index in [1.165, 1.54) is 0 Å². The van der Waals surface area contributed by atoms with Gasteiger partial charge in [0.15, 0.2) is 6.04 Å². The average Bonchev–Trinajstić information content (AvgIpc) is 3.33. The molecule has 0 amide bonds. The number of rotatable bonds is 9. The van der Waals surface area contributed by atoms with Crippen LogP contribution >= 0.6 is 0 Å². The van der Waals surface area contributed by atoms with Crippen LogP contribution in [-0.2, 0) is 23.4 Å². The maximum absolute atomic E-state index is 14.1. The van der Waals surface area contributed by atoms with Crippen molar-refractivity contribution in [3.63, 3.8) is 0 Å². The van der Waals surface area contributed by atoms with Crippen molar-refractivity contribution in [2.75, 3.05) is 7.11 Å². The molecule has 0 aliphatic carbocycles. The summed E-state index contributed by atoms with van der Waals surface area (Å²) in [5.74, 6) is 0.725. The lowest BCUT2D eigenvalue weighted by atomic mass is 9.78. The van der Waals surface area contributed by atoms with Crippen LogP contribution in [-0.4, -0.2) is 33.5 Å². The van der Waals surface area contributed by atoms with Crippen LogP contribution in [0.2, 0.25) is 0 Å². The van der Waals surface area contributed by atoms with Gasteiger partial charge in [0.05, 0.1) is 12.7 Å². The first-order valence-electron chi connectivity index (χ1n) is 14.1. The van der Waals surface area contributed by atoms with E-state index in [9.17, 15) is 9.90 Å². The molecule has 0 bridgehead atoms. The van der Waals surface area contributed by atoms with E-state index in [0.29, 0.717) is 13.1 Å². The number of nitrogens with zero attached hydrogens (tertiary/aromatic N) is 2. The molecule has 1 aliphatic rings. The maximum atomic E-state index is 14.1. The zero-order chi connectivity index (χ0) is 28.9. The van der Waals surface area contributed by atoms with Gasteiger partial charge in [-0.25, -0.2) is 14.3 Å². The Morgan fingerprint density at radius 1 is 0.738 bits per heavy atom. The second-order valence-corrected chi connectivity index (χ2v) is 10.5. The Labute approximate surface area is 246 Å². The van der Waals surface area contributed by atoms with Crippen LogP contribution in [0.5, 0.6) is 5.75 Å². The average molecular weight is 554 g/mol. The van der Waals surface area contributed by atoms with Gasteiger partial charge in [-0.2, -0.15) is 0 Å². The number of ether oxygens (including phenoxy) is 1. The topological polar surface area (TPSA) is 52.8 Å². The summed E-state index contributed by atoms with van der Waals surface area (Å²) in [6, 6.07) is 47.5. The fourth-order valence-electron chi connectivity index (χ4n) is 6.20. The number of aliphatic carboxylic acids is 1. The van der Waals surface area contributed by atoms with Crippen molar-refractivity contribution in [2.45, 2.75) is 24.7 Å². The number of hydrogen-bond donors (Lipinski definition) is 1. The highest BCUT2D eigenvalue weighted by Crippen LogP contribution is 2.49. The minimum atomic E-state index is -1.44. The third kappa shape index (κ3) is 4.83. The molecule has 1 N–H and O–H groups in total. The van der Waals surface area contributed by atoms with E-state index >= 15 is 0 Å². The summed E-state index contributed by atoms with van der Waals surface area (Å²) in [6.45, 7) is 0.912. The maximum Gasteiger partial charge on any atom is 0.362 e. The second-order valence-electron chi connectivity index (χ2n) is 10.5. The van der Waals surface area contributed by atoms with E-state index in [2.05, 4.69) is 33.7 Å². The largest absolute Gasteiger partial charge is 0.497 e. The van der Waals surface area contributed by atoms with Crippen molar-refractivity contribution in [3.05, 3.63) is 173 Å². The molecule has 0 aromatic heterocycles. The summed E-state index contributed by atoms with van der Waals surface area (Å²) in [6.07, 6.45) is 0. The molecule has 42 heavy (non-hydrogen) atoms. The molecule has 0 saturated heterocycles. The Morgan fingerprint density at radius 2 is 1.29 bits per heavy atom. The molecule has 0 saturated carbocycles. The van der Waals surface area contributed by atoms with E-state index in [-0.39, 0.29) is 0 Å². The van der Waals surface area contributed by atoms with Crippen LogP contribution in [0.1, 0.15) is 33.9 Å². The van der Waals surface area contributed by atoms with Gasteiger partial charge < -0.3 is 9.84 Å². The van der Waals surface area contributed by atoms with Gasteiger partial charge in [-0.15, -0.1) is 0 Å². The number of benzene rings is 5. The van der Waals surface area contributed by atoms with Crippen LogP contribution in [0.4, 0.5) is 0 Å². The van der Waals surface area contributed by atoms with Crippen molar-refractivity contribution in [1.29, 1.82) is 0 Å². The number of amidine groups is 1. The first-order valence-corrected chi connectivity index (χ1v) is 14.1. The Balaban J connectivity index is 1.69. The summed E-state index contributed by atoms with van der Waals surface area (Å²) in [4.78, 5) is 16.2. The summed E-state index contributed by atoms with van der Waals surface area (Å²) in [5, 5.41) is 11.5. The third-order valence-corrected chi connectivity index (χ3v) is 8.04. The minimum Gasteiger partial charge on any atom is -0.497 e. The highest BCUT2D eigenvalue weighted by molar-refractivity contribution is 6.01. The van der Waals surface area contributed by atoms with Crippen LogP contribution in [0.3, 0.4) is 0 Å². The van der Waals surface area contributed by atoms with Crippen LogP contribution in [0, 0.1) is 0 Å². The van der Waals surface area contributed by atoms with E-state index in [0.717, 1.165) is 39.4 Å². The molecule has 0 fully saturated rings. The summed E-state index contributed by atoms with van der Waals surface area (Å²) < 4.78 is 7.70. The van der Waals surface area contributed by atoms with E-state index in [4.69, 9.17) is 4.74 Å². The lowest BCUT2D eigenvalue weighted by Gasteiger charge is -2.35. The molecule has 6 rings (SSSR count). The Hall–Kier alpha value is -5.16. The standard InChI is InChI=1S/C37H32N2O3/c1-42-33-24-22-29(23-25-33)27-39-35(31-18-10-4-11-19-31)38(26-28-14-6-2-7-15-28)34(30-16-8-3-9-17-30)37(39,36(40)41)32-20-12-5-13-21-32/h2-25,34H,26-27H2,1H3/p+1. The van der Waals surface area contributed by atoms with E-state index < -0.39 is 17.6 Å². The summed E-state index contributed by atoms with van der Waals surface area (Å²) in [7, 11) is 1.65. The lowest BCUT2D eigenvalue weighted by Crippen LogP contribution is -2.53. The van der Waals surface area contributed by atoms with Crippen molar-refractivity contribution >= 4 is 11.8 Å². The zero-order valence-corrected chi connectivity index (χ0v) is 23.5. The number of carbonyl (C=O) groups is 1. The molecule has 5 nitrogen and oxygen atoms in total. The van der Waals surface area contributed by atoms with Gasteiger partial charge in [0.25, 0.3) is 11.4 Å². The Kier molecular flexibility index (Phi) is 7.56. The molecule has 208 valence electrons. The quantitative estimate of drug-likeness (QED) is 0.202. The molecule has 2 atom stereocenters. The predicted octanol–water partition coefficient (Wildman–Crippen LogP) is 6.89. The normalized spacial score (nSPS) is 18.2. The highest BCUT2D eigenvalue weighted by Gasteiger charge is 2.67. The zero-order valence-electron chi connectivity index (χ0n) is 23.5. The molecule has 0 spiro atoms. The molecule has 1 heterocycles. The molecule has 1 aliphatic heterocycles. The van der Waals surface area contributed by atoms with Gasteiger partial charge in [-0.3, -0.25) is 0 Å². The van der Waals surface area contributed by atoms with Gasteiger partial charge in [0.2, 0.25) is 0 Å². The predicted molar refractivity (Wildman–Crippen MR) is 164 cm³/mol. The fourth-order valence-corrected chi connectivity index (χ4v) is 6.20. The first kappa shape index (κ1) is 27.0. The Morgan fingerprint density at radius 3 is 1.86 bits per heavy atom. The van der Waals surface area contributed by atoms with Crippen molar-refractivity contribution in [3.8, 4) is 5.75 Å². The SMILES string of the molecule is COc1ccc(CN2C(c3ccccc3)=[N+](Cc3ccccc3)C(c3ccccc3)C2(C(=O)O)c2ccccc2)cc1. The molecule has 5 heteroatoms. The van der Waals surface area contributed by atoms with Crippen molar-refractivity contribution < 1.29 is 19.2 Å². The number of hydrogen-bond acceptors (Lipinski definition) is 3. The molecule has 0 radical (unpaired) electrons. The lowest BCUT2D eigenvalue weighted by molar-refractivity contribution is -0.586. The minimum absolute atomic E-state index is 0.379. The number of methoxy groups -OCH3 is 1.